The van der Waals surface area contributed by atoms with Crippen molar-refractivity contribution in [1.29, 1.82) is 0 Å². The minimum absolute atomic E-state index is 0.102. The molecule has 0 fully saturated rings. The standard InChI is InChI=1S/C59H98O6/c1-4-7-10-13-16-19-22-25-27-29-30-32-34-37-40-43-46-49-52-58(61)64-55-56(54-63-57(60)51-48-45-42-39-36-33-24-21-18-15-12-9-6-3)65-59(62)53-50-47-44-41-38-35-31-28-26-23-20-17-14-11-8-5-2/h8-9,11-12,15,17-18,20-21,24,26,28,30,32,35,38,56H,4-7,10,13-14,16,19,22-23,25,27,29,31,33-34,36-37,39-55H2,1-3H3/b11-8+,12-9+,18-15+,20-17+,24-21+,28-26+,32-30+,38-35+. The quantitative estimate of drug-likeness (QED) is 0.0199. The van der Waals surface area contributed by atoms with E-state index in [1.165, 1.54) is 77.0 Å². The number of carbonyl (C=O) groups is 3. The Bertz CT molecular complexity index is 1310. The smallest absolute Gasteiger partial charge is 0.306 e. The van der Waals surface area contributed by atoms with E-state index in [2.05, 4.69) is 118 Å². The number of rotatable bonds is 47. The van der Waals surface area contributed by atoms with E-state index >= 15 is 0 Å². The lowest BCUT2D eigenvalue weighted by atomic mass is 10.1. The van der Waals surface area contributed by atoms with Gasteiger partial charge in [-0.2, -0.15) is 0 Å². The Morgan fingerprint density at radius 3 is 1.14 bits per heavy atom. The molecule has 0 aromatic carbocycles. The minimum Gasteiger partial charge on any atom is -0.462 e. The van der Waals surface area contributed by atoms with Crippen molar-refractivity contribution in [2.24, 2.45) is 0 Å². The highest BCUT2D eigenvalue weighted by molar-refractivity contribution is 5.71. The van der Waals surface area contributed by atoms with Gasteiger partial charge in [-0.05, 0) is 103 Å². The molecule has 370 valence electrons. The predicted molar refractivity (Wildman–Crippen MR) is 279 cm³/mol. The van der Waals surface area contributed by atoms with Crippen LogP contribution in [0.2, 0.25) is 0 Å². The number of unbranched alkanes of at least 4 members (excludes halogenated alkanes) is 22. The first-order valence-corrected chi connectivity index (χ1v) is 26.8. The molecule has 6 nitrogen and oxygen atoms in total. The van der Waals surface area contributed by atoms with E-state index < -0.39 is 6.10 Å². The Kier molecular flexibility index (Phi) is 50.0. The highest BCUT2D eigenvalue weighted by Crippen LogP contribution is 2.14. The zero-order valence-corrected chi connectivity index (χ0v) is 42.2. The molecule has 0 spiro atoms. The first kappa shape index (κ1) is 61.3. The third-order valence-electron chi connectivity index (χ3n) is 11.1. The van der Waals surface area contributed by atoms with Gasteiger partial charge in [0.2, 0.25) is 0 Å². The fraction of sp³-hybridized carbons (Fsp3) is 0.678. The van der Waals surface area contributed by atoms with Crippen LogP contribution < -0.4 is 0 Å². The van der Waals surface area contributed by atoms with Gasteiger partial charge in [-0.15, -0.1) is 0 Å². The maximum Gasteiger partial charge on any atom is 0.306 e. The largest absolute Gasteiger partial charge is 0.462 e. The monoisotopic (exact) mass is 903 g/mol. The van der Waals surface area contributed by atoms with Crippen molar-refractivity contribution in [1.82, 2.24) is 0 Å². The molecule has 0 bridgehead atoms. The van der Waals surface area contributed by atoms with Crippen molar-refractivity contribution in [2.75, 3.05) is 13.2 Å². The van der Waals surface area contributed by atoms with Crippen LogP contribution in [0.4, 0.5) is 0 Å². The Labute approximate surface area is 400 Å². The van der Waals surface area contributed by atoms with Gasteiger partial charge in [0.25, 0.3) is 0 Å². The molecule has 0 radical (unpaired) electrons. The Morgan fingerprint density at radius 2 is 0.677 bits per heavy atom. The molecule has 0 N–H and O–H groups in total. The number of hydrogen-bond acceptors (Lipinski definition) is 6. The Morgan fingerprint density at radius 1 is 0.338 bits per heavy atom. The van der Waals surface area contributed by atoms with Crippen LogP contribution in [0, 0.1) is 0 Å². The molecule has 0 amide bonds. The van der Waals surface area contributed by atoms with Crippen LogP contribution in [0.25, 0.3) is 0 Å². The summed E-state index contributed by atoms with van der Waals surface area (Å²) in [7, 11) is 0. The average molecular weight is 903 g/mol. The summed E-state index contributed by atoms with van der Waals surface area (Å²) in [5.74, 6) is -0.964. The predicted octanol–water partition coefficient (Wildman–Crippen LogP) is 17.8. The molecule has 1 atom stereocenters. The van der Waals surface area contributed by atoms with Gasteiger partial charge in [0.1, 0.15) is 13.2 Å². The van der Waals surface area contributed by atoms with Gasteiger partial charge < -0.3 is 14.2 Å². The SMILES string of the molecule is CC/C=C/C=C/C=C/CCCCCCCC(=O)OCC(COC(=O)CCCCCCC/C=C/CCCCCCCCCCC)OC(=O)CCCCC/C=C/C/C=C/C/C=C/C/C=C/CC. The molecule has 0 saturated carbocycles. The fourth-order valence-corrected chi connectivity index (χ4v) is 7.13. The third-order valence-corrected chi connectivity index (χ3v) is 11.1. The van der Waals surface area contributed by atoms with Crippen molar-refractivity contribution in [2.45, 2.75) is 245 Å². The highest BCUT2D eigenvalue weighted by atomic mass is 16.6. The molecular formula is C59H98O6. The van der Waals surface area contributed by atoms with Gasteiger partial charge in [-0.1, -0.05) is 214 Å². The molecule has 6 heteroatoms. The molecule has 1 unspecified atom stereocenters. The van der Waals surface area contributed by atoms with Gasteiger partial charge in [0.05, 0.1) is 0 Å². The van der Waals surface area contributed by atoms with Crippen LogP contribution in [-0.2, 0) is 28.6 Å². The molecule has 65 heavy (non-hydrogen) atoms. The maximum atomic E-state index is 12.8. The number of hydrogen-bond donors (Lipinski definition) is 0. The normalized spacial score (nSPS) is 12.8. The average Bonchev–Trinajstić information content (AvgIpc) is 3.30. The van der Waals surface area contributed by atoms with Crippen molar-refractivity contribution in [3.8, 4) is 0 Å². The van der Waals surface area contributed by atoms with E-state index in [1.54, 1.807) is 0 Å². The summed E-state index contributed by atoms with van der Waals surface area (Å²) in [4.78, 5) is 38.0. The number of ether oxygens (including phenoxy) is 3. The first-order valence-electron chi connectivity index (χ1n) is 26.8. The second kappa shape index (κ2) is 52.9. The van der Waals surface area contributed by atoms with E-state index in [9.17, 15) is 14.4 Å². The summed E-state index contributed by atoms with van der Waals surface area (Å²) in [5, 5.41) is 0. The van der Waals surface area contributed by atoms with Gasteiger partial charge in [-0.25, -0.2) is 0 Å². The fourth-order valence-electron chi connectivity index (χ4n) is 7.13. The van der Waals surface area contributed by atoms with E-state index in [1.807, 2.05) is 0 Å². The lowest BCUT2D eigenvalue weighted by molar-refractivity contribution is -0.167. The number of esters is 3. The lowest BCUT2D eigenvalue weighted by Gasteiger charge is -2.18. The Hall–Kier alpha value is -3.67. The van der Waals surface area contributed by atoms with E-state index in [-0.39, 0.29) is 37.5 Å². The van der Waals surface area contributed by atoms with Crippen LogP contribution in [-0.4, -0.2) is 37.2 Å². The van der Waals surface area contributed by atoms with Crippen LogP contribution in [0.3, 0.4) is 0 Å². The molecule has 0 aliphatic heterocycles. The molecule has 0 aliphatic rings. The van der Waals surface area contributed by atoms with Crippen LogP contribution in [0.15, 0.2) is 97.2 Å². The summed E-state index contributed by atoms with van der Waals surface area (Å²) < 4.78 is 16.8. The van der Waals surface area contributed by atoms with Crippen molar-refractivity contribution >= 4 is 17.9 Å². The van der Waals surface area contributed by atoms with Crippen LogP contribution >= 0.6 is 0 Å². The summed E-state index contributed by atoms with van der Waals surface area (Å²) >= 11 is 0. The zero-order chi connectivity index (χ0) is 47.2. The summed E-state index contributed by atoms with van der Waals surface area (Å²) in [6.07, 6.45) is 69.7. The van der Waals surface area contributed by atoms with Crippen LogP contribution in [0.1, 0.15) is 239 Å². The topological polar surface area (TPSA) is 78.9 Å². The maximum absolute atomic E-state index is 12.8. The number of allylic oxidation sites excluding steroid dienone is 16. The molecule has 0 saturated heterocycles. The highest BCUT2D eigenvalue weighted by Gasteiger charge is 2.19. The molecular weight excluding hydrogens is 805 g/mol. The number of carbonyl (C=O) groups excluding carboxylic acids is 3. The lowest BCUT2D eigenvalue weighted by Crippen LogP contribution is -2.30. The minimum atomic E-state index is -0.807. The van der Waals surface area contributed by atoms with Crippen molar-refractivity contribution in [3.63, 3.8) is 0 Å². The van der Waals surface area contributed by atoms with Crippen molar-refractivity contribution in [3.05, 3.63) is 97.2 Å². The second-order valence-electron chi connectivity index (χ2n) is 17.4. The Balaban J connectivity index is 4.46. The summed E-state index contributed by atoms with van der Waals surface area (Å²) in [6, 6.07) is 0. The van der Waals surface area contributed by atoms with Crippen LogP contribution in [0.5, 0.6) is 0 Å². The van der Waals surface area contributed by atoms with Gasteiger partial charge in [-0.3, -0.25) is 14.4 Å². The van der Waals surface area contributed by atoms with E-state index in [4.69, 9.17) is 14.2 Å². The van der Waals surface area contributed by atoms with E-state index in [0.717, 1.165) is 122 Å². The van der Waals surface area contributed by atoms with Gasteiger partial charge in [0.15, 0.2) is 6.10 Å². The molecule has 0 aromatic heterocycles. The third kappa shape index (κ3) is 51.2. The van der Waals surface area contributed by atoms with Gasteiger partial charge >= 0.3 is 17.9 Å². The molecule has 0 aromatic rings. The van der Waals surface area contributed by atoms with Gasteiger partial charge in [0, 0.05) is 19.3 Å². The molecule has 0 rings (SSSR count). The molecule has 0 heterocycles. The molecule has 0 aliphatic carbocycles. The van der Waals surface area contributed by atoms with E-state index in [0.29, 0.717) is 12.8 Å². The first-order chi connectivity index (χ1) is 32.0. The van der Waals surface area contributed by atoms with Crippen molar-refractivity contribution < 1.29 is 28.6 Å². The zero-order valence-electron chi connectivity index (χ0n) is 42.2. The summed E-state index contributed by atoms with van der Waals surface area (Å²) in [6.45, 7) is 6.34. The second-order valence-corrected chi connectivity index (χ2v) is 17.4. The summed E-state index contributed by atoms with van der Waals surface area (Å²) in [5.41, 5.74) is 0.